The molecule has 0 aromatic heterocycles. The lowest BCUT2D eigenvalue weighted by Gasteiger charge is -2.10. The fourth-order valence-corrected chi connectivity index (χ4v) is 3.45. The van der Waals surface area contributed by atoms with Crippen molar-refractivity contribution in [2.24, 2.45) is 0 Å². The van der Waals surface area contributed by atoms with Crippen LogP contribution in [-0.2, 0) is 5.75 Å². The molecule has 0 atom stereocenters. The summed E-state index contributed by atoms with van der Waals surface area (Å²) in [5, 5.41) is 1.15. The molecule has 70 valence electrons. The van der Waals surface area contributed by atoms with Gasteiger partial charge in [-0.05, 0) is 18.4 Å². The van der Waals surface area contributed by atoms with Crippen LogP contribution in [0.3, 0.4) is 0 Å². The van der Waals surface area contributed by atoms with Crippen LogP contribution < -0.4 is 0 Å². The van der Waals surface area contributed by atoms with Gasteiger partial charge in [0.25, 0.3) is 0 Å². The Balaban J connectivity index is 1.86. The summed E-state index contributed by atoms with van der Waals surface area (Å²) < 4.78 is 0.579. The van der Waals surface area contributed by atoms with Gasteiger partial charge in [-0.2, -0.15) is 0 Å². The van der Waals surface area contributed by atoms with Gasteiger partial charge in [0.05, 0.1) is 0 Å². The summed E-state index contributed by atoms with van der Waals surface area (Å²) in [6.07, 6.45) is 2.77. The van der Waals surface area contributed by atoms with E-state index < -0.39 is 0 Å². The Kier molecular flexibility index (Phi) is 2.99. The molecule has 1 saturated carbocycles. The molecule has 1 aromatic rings. The Labute approximate surface area is 92.2 Å². The third kappa shape index (κ3) is 2.50. The van der Waals surface area contributed by atoms with Crippen molar-refractivity contribution >= 4 is 27.7 Å². The van der Waals surface area contributed by atoms with E-state index in [0.29, 0.717) is 4.75 Å². The Morgan fingerprint density at radius 3 is 2.46 bits per heavy atom. The topological polar surface area (TPSA) is 0 Å². The molecule has 0 bridgehead atoms. The van der Waals surface area contributed by atoms with Gasteiger partial charge >= 0.3 is 0 Å². The van der Waals surface area contributed by atoms with Crippen molar-refractivity contribution in [3.05, 3.63) is 35.9 Å². The molecule has 2 heteroatoms. The first-order chi connectivity index (χ1) is 6.35. The van der Waals surface area contributed by atoms with Crippen molar-refractivity contribution in [3.63, 3.8) is 0 Å². The Bertz CT molecular complexity index is 267. The minimum atomic E-state index is 0.579. The van der Waals surface area contributed by atoms with Gasteiger partial charge in [0.15, 0.2) is 0 Å². The van der Waals surface area contributed by atoms with E-state index in [0.717, 1.165) is 11.1 Å². The predicted molar refractivity (Wildman–Crippen MR) is 63.5 cm³/mol. The first kappa shape index (κ1) is 9.60. The van der Waals surface area contributed by atoms with Gasteiger partial charge in [0.2, 0.25) is 0 Å². The van der Waals surface area contributed by atoms with E-state index in [4.69, 9.17) is 0 Å². The van der Waals surface area contributed by atoms with E-state index in [-0.39, 0.29) is 0 Å². The average Bonchev–Trinajstić information content (AvgIpc) is 2.97. The molecule has 1 aliphatic rings. The highest BCUT2D eigenvalue weighted by atomic mass is 79.9. The molecule has 0 spiro atoms. The maximum atomic E-state index is 3.59. The van der Waals surface area contributed by atoms with Gasteiger partial charge in [0.1, 0.15) is 0 Å². The van der Waals surface area contributed by atoms with Crippen LogP contribution in [0, 0.1) is 0 Å². The molecule has 0 radical (unpaired) electrons. The smallest absolute Gasteiger partial charge is 0.0261 e. The maximum absolute atomic E-state index is 3.59. The summed E-state index contributed by atoms with van der Waals surface area (Å²) >= 11 is 5.68. The minimum absolute atomic E-state index is 0.579. The molecule has 0 unspecified atom stereocenters. The van der Waals surface area contributed by atoms with Crippen LogP contribution in [0.15, 0.2) is 30.3 Å². The molecule has 2 rings (SSSR count). The molecule has 0 nitrogen and oxygen atoms in total. The number of hydrogen-bond acceptors (Lipinski definition) is 1. The summed E-state index contributed by atoms with van der Waals surface area (Å²) in [6.45, 7) is 0. The van der Waals surface area contributed by atoms with Crippen LogP contribution in [0.2, 0.25) is 0 Å². The quantitative estimate of drug-likeness (QED) is 0.738. The molecule has 1 fully saturated rings. The number of halogens is 1. The van der Waals surface area contributed by atoms with Crippen LogP contribution in [0.1, 0.15) is 18.4 Å². The molecule has 0 heterocycles. The maximum Gasteiger partial charge on any atom is 0.0261 e. The average molecular weight is 257 g/mol. The van der Waals surface area contributed by atoms with Gasteiger partial charge in [-0.1, -0.05) is 46.3 Å². The van der Waals surface area contributed by atoms with Gasteiger partial charge in [0, 0.05) is 15.8 Å². The molecule has 1 aromatic carbocycles. The highest BCUT2D eigenvalue weighted by molar-refractivity contribution is 9.09. The normalized spacial score (nSPS) is 18.5. The van der Waals surface area contributed by atoms with Gasteiger partial charge < -0.3 is 0 Å². The van der Waals surface area contributed by atoms with Crippen LogP contribution in [0.4, 0.5) is 0 Å². The van der Waals surface area contributed by atoms with E-state index >= 15 is 0 Å². The lowest BCUT2D eigenvalue weighted by atomic mass is 10.2. The van der Waals surface area contributed by atoms with Crippen LogP contribution in [0.25, 0.3) is 0 Å². The zero-order valence-electron chi connectivity index (χ0n) is 7.50. The van der Waals surface area contributed by atoms with Gasteiger partial charge in [-0.15, -0.1) is 11.8 Å². The van der Waals surface area contributed by atoms with Crippen LogP contribution in [0.5, 0.6) is 0 Å². The fourth-order valence-electron chi connectivity index (χ4n) is 1.27. The molecular formula is C11H13BrS. The van der Waals surface area contributed by atoms with E-state index in [9.17, 15) is 0 Å². The lowest BCUT2D eigenvalue weighted by Crippen LogP contribution is -2.03. The molecule has 0 aliphatic heterocycles. The summed E-state index contributed by atoms with van der Waals surface area (Å²) in [7, 11) is 0. The molecule has 1 aliphatic carbocycles. The molecule has 0 saturated heterocycles. The second-order valence-electron chi connectivity index (χ2n) is 3.59. The third-order valence-electron chi connectivity index (χ3n) is 2.44. The second kappa shape index (κ2) is 4.05. The van der Waals surface area contributed by atoms with Gasteiger partial charge in [-0.3, -0.25) is 0 Å². The Morgan fingerprint density at radius 1 is 1.23 bits per heavy atom. The first-order valence-corrected chi connectivity index (χ1v) is 6.69. The van der Waals surface area contributed by atoms with Crippen molar-refractivity contribution < 1.29 is 0 Å². The van der Waals surface area contributed by atoms with E-state index in [1.165, 1.54) is 18.4 Å². The van der Waals surface area contributed by atoms with Crippen molar-refractivity contribution in [2.45, 2.75) is 23.3 Å². The first-order valence-electron chi connectivity index (χ1n) is 4.58. The summed E-state index contributed by atoms with van der Waals surface area (Å²) in [5.41, 5.74) is 1.44. The van der Waals surface area contributed by atoms with Crippen molar-refractivity contribution in [2.75, 3.05) is 5.33 Å². The second-order valence-corrected chi connectivity index (χ2v) is 5.60. The van der Waals surface area contributed by atoms with E-state index in [1.54, 1.807) is 0 Å². The SMILES string of the molecule is BrCC1(SCc2ccccc2)CC1. The highest BCUT2D eigenvalue weighted by Gasteiger charge is 2.41. The Hall–Kier alpha value is 0.0500. The van der Waals surface area contributed by atoms with Crippen molar-refractivity contribution in [1.29, 1.82) is 0 Å². The summed E-state index contributed by atoms with van der Waals surface area (Å²) in [6, 6.07) is 10.7. The standard InChI is InChI=1S/C11H13BrS/c12-9-11(6-7-11)13-8-10-4-2-1-3-5-10/h1-5H,6-9H2. The number of rotatable bonds is 4. The largest absolute Gasteiger partial charge is 0.150 e. The number of hydrogen-bond donors (Lipinski definition) is 0. The number of alkyl halides is 1. The predicted octanol–water partition coefficient (Wildman–Crippen LogP) is 3.85. The van der Waals surface area contributed by atoms with E-state index in [1.807, 2.05) is 0 Å². The monoisotopic (exact) mass is 256 g/mol. The van der Waals surface area contributed by atoms with Crippen LogP contribution in [-0.4, -0.2) is 10.1 Å². The number of thioether (sulfide) groups is 1. The zero-order valence-corrected chi connectivity index (χ0v) is 9.90. The molecular weight excluding hydrogens is 244 g/mol. The molecule has 0 N–H and O–H groups in total. The fraction of sp³-hybridized carbons (Fsp3) is 0.455. The van der Waals surface area contributed by atoms with Crippen molar-refractivity contribution in [3.8, 4) is 0 Å². The number of benzene rings is 1. The zero-order chi connectivity index (χ0) is 9.15. The Morgan fingerprint density at radius 2 is 1.92 bits per heavy atom. The minimum Gasteiger partial charge on any atom is -0.150 e. The van der Waals surface area contributed by atoms with Crippen molar-refractivity contribution in [1.82, 2.24) is 0 Å². The summed E-state index contributed by atoms with van der Waals surface area (Å²) in [5.74, 6) is 1.16. The highest BCUT2D eigenvalue weighted by Crippen LogP contribution is 2.50. The van der Waals surface area contributed by atoms with E-state index in [2.05, 4.69) is 58.0 Å². The molecule has 13 heavy (non-hydrogen) atoms. The van der Waals surface area contributed by atoms with Crippen LogP contribution >= 0.6 is 27.7 Å². The molecule has 0 amide bonds. The third-order valence-corrected chi connectivity index (χ3v) is 5.53. The lowest BCUT2D eigenvalue weighted by molar-refractivity contribution is 1.08. The summed E-state index contributed by atoms with van der Waals surface area (Å²) in [4.78, 5) is 0. The van der Waals surface area contributed by atoms with Gasteiger partial charge in [-0.25, -0.2) is 0 Å².